The lowest BCUT2D eigenvalue weighted by atomic mass is 9.82. The molecule has 2 aliphatic carbocycles. The summed E-state index contributed by atoms with van der Waals surface area (Å²) >= 11 is 25.4. The molecule has 0 unspecified atom stereocenters. The summed E-state index contributed by atoms with van der Waals surface area (Å²) in [5, 5.41) is 1.13. The van der Waals surface area contributed by atoms with Crippen LogP contribution in [0.15, 0.2) is 123 Å². The number of carbonyl (C=O) groups excluding carboxylic acids is 8. The van der Waals surface area contributed by atoms with Crippen LogP contribution in [0, 0.1) is 23.7 Å². The van der Waals surface area contributed by atoms with Crippen LogP contribution in [-0.4, -0.2) is 87.4 Å². The highest BCUT2D eigenvalue weighted by atomic mass is 35.5. The third-order valence-corrected chi connectivity index (χ3v) is 16.7. The van der Waals surface area contributed by atoms with E-state index in [1.807, 2.05) is 0 Å². The zero-order valence-corrected chi connectivity index (χ0v) is 56.1. The summed E-state index contributed by atoms with van der Waals surface area (Å²) in [4.78, 5) is 95.7. The van der Waals surface area contributed by atoms with Gasteiger partial charge in [0.05, 0.1) is 83.4 Å². The maximum atomic E-state index is 13.0. The van der Waals surface area contributed by atoms with Crippen LogP contribution in [0.5, 0.6) is 34.5 Å². The molecule has 22 heteroatoms. The Labute approximate surface area is 570 Å². The van der Waals surface area contributed by atoms with Crippen molar-refractivity contribution in [2.45, 2.75) is 141 Å². The van der Waals surface area contributed by atoms with E-state index >= 15 is 0 Å². The molecule has 2 saturated carbocycles. The van der Waals surface area contributed by atoms with Crippen molar-refractivity contribution >= 4 is 94.2 Å². The molecule has 0 N–H and O–H groups in total. The Morgan fingerprint density at radius 2 is 0.574 bits per heavy atom. The second-order valence-electron chi connectivity index (χ2n) is 22.4. The highest BCUT2D eigenvalue weighted by molar-refractivity contribution is 6.33. The number of rotatable bonds is 38. The van der Waals surface area contributed by atoms with Gasteiger partial charge in [0.1, 0.15) is 34.5 Å². The van der Waals surface area contributed by atoms with Crippen molar-refractivity contribution in [3.05, 3.63) is 155 Å². The van der Waals surface area contributed by atoms with Crippen LogP contribution in [0.1, 0.15) is 140 Å². The molecular formula is C72H84Cl4O18. The molecule has 0 radical (unpaired) electrons. The van der Waals surface area contributed by atoms with Gasteiger partial charge in [-0.25, -0.2) is 19.2 Å². The van der Waals surface area contributed by atoms with Gasteiger partial charge < -0.3 is 47.4 Å². The standard InChI is InChI=1S/C42H54Cl2O10.C30H30Cl2O8/c1-3-39(45)51-27-15-11-7-5-9-13-25-49-33-21-23-37(35(43)29-33)53-41(47)31-17-19-32(20-18-31)42(48)54-38-24-22-34(30-36(38)44)50-26-14-10-6-8-12-16-28-52-40(46)4-2;1-3-27(33)37-15-13-19-5-11-25(23(31)17-19)39-29(35)21-7-9-22(10-8-21)30(36)40-26-12-6-20(18-24(26)32)14-16-38-28(34)4-2/h3-4,21-24,29-32H,1-2,5-20,25-28H2;3-6,11-12,17-18,21-22H,1-2,7-10,13-16H2. The Morgan fingerprint density at radius 3 is 0.840 bits per heavy atom. The monoisotopic (exact) mass is 1380 g/mol. The molecule has 4 aromatic rings. The lowest BCUT2D eigenvalue weighted by molar-refractivity contribution is -0.145. The lowest BCUT2D eigenvalue weighted by Gasteiger charge is -2.26. The average molecular weight is 1380 g/mol. The summed E-state index contributed by atoms with van der Waals surface area (Å²) in [6.45, 7) is 15.7. The third kappa shape index (κ3) is 28.9. The number of hydrogen-bond donors (Lipinski definition) is 0. The summed E-state index contributed by atoms with van der Waals surface area (Å²) in [5.74, 6) is -2.51. The molecule has 2 aliphatic rings. The van der Waals surface area contributed by atoms with Crippen LogP contribution < -0.4 is 28.4 Å². The Morgan fingerprint density at radius 1 is 0.330 bits per heavy atom. The Balaban J connectivity index is 0.000000356. The smallest absolute Gasteiger partial charge is 0.330 e. The van der Waals surface area contributed by atoms with Crippen molar-refractivity contribution in [1.82, 2.24) is 0 Å². The average Bonchev–Trinajstić information content (AvgIpc) is 0.906. The summed E-state index contributed by atoms with van der Waals surface area (Å²) in [5.41, 5.74) is 1.65. The second kappa shape index (κ2) is 43.4. The number of hydrogen-bond acceptors (Lipinski definition) is 18. The molecule has 4 aromatic carbocycles. The normalized spacial score (nSPS) is 15.6. The molecule has 0 bridgehead atoms. The van der Waals surface area contributed by atoms with E-state index in [0.717, 1.165) is 100 Å². The lowest BCUT2D eigenvalue weighted by Crippen LogP contribution is -2.30. The number of esters is 8. The van der Waals surface area contributed by atoms with Gasteiger partial charge in [-0.05, 0) is 137 Å². The van der Waals surface area contributed by atoms with Gasteiger partial charge in [-0.3, -0.25) is 19.2 Å². The molecule has 94 heavy (non-hydrogen) atoms. The second-order valence-corrected chi connectivity index (χ2v) is 24.1. The van der Waals surface area contributed by atoms with Gasteiger partial charge in [0.2, 0.25) is 0 Å². The number of halogens is 4. The number of carbonyl (C=O) groups is 8. The Kier molecular flexibility index (Phi) is 35.6. The molecule has 18 nitrogen and oxygen atoms in total. The summed E-state index contributed by atoms with van der Waals surface area (Å²) in [6, 6.07) is 20.1. The van der Waals surface area contributed by atoms with Crippen LogP contribution in [0.3, 0.4) is 0 Å². The largest absolute Gasteiger partial charge is 0.494 e. The molecule has 0 aliphatic heterocycles. The Bertz CT molecular complexity index is 2970. The van der Waals surface area contributed by atoms with E-state index < -0.39 is 23.9 Å². The number of ether oxygens (including phenoxy) is 10. The minimum absolute atomic E-state index is 0.179. The fourth-order valence-electron chi connectivity index (χ4n) is 10.1. The minimum atomic E-state index is -0.500. The topological polar surface area (TPSA) is 229 Å². The maximum Gasteiger partial charge on any atom is 0.330 e. The van der Waals surface area contributed by atoms with E-state index in [0.29, 0.717) is 102 Å². The predicted octanol–water partition coefficient (Wildman–Crippen LogP) is 16.1. The van der Waals surface area contributed by atoms with Crippen molar-refractivity contribution in [2.24, 2.45) is 23.7 Å². The van der Waals surface area contributed by atoms with Gasteiger partial charge in [-0.15, -0.1) is 0 Å². The van der Waals surface area contributed by atoms with E-state index in [1.165, 1.54) is 12.2 Å². The minimum Gasteiger partial charge on any atom is -0.494 e. The van der Waals surface area contributed by atoms with Crippen LogP contribution in [0.2, 0.25) is 20.1 Å². The molecule has 0 amide bonds. The highest BCUT2D eigenvalue weighted by Gasteiger charge is 2.34. The highest BCUT2D eigenvalue weighted by Crippen LogP contribution is 2.37. The van der Waals surface area contributed by atoms with Crippen LogP contribution >= 0.6 is 46.4 Å². The first-order chi connectivity index (χ1) is 45.4. The van der Waals surface area contributed by atoms with Crippen molar-refractivity contribution < 1.29 is 85.7 Å². The first kappa shape index (κ1) is 77.1. The molecule has 508 valence electrons. The van der Waals surface area contributed by atoms with Gasteiger partial charge in [-0.1, -0.05) is 136 Å². The van der Waals surface area contributed by atoms with Crippen molar-refractivity contribution in [3.8, 4) is 34.5 Å². The quantitative estimate of drug-likeness (QED) is 0.0133. The molecular weight excluding hydrogens is 1290 g/mol. The third-order valence-electron chi connectivity index (χ3n) is 15.5. The van der Waals surface area contributed by atoms with Gasteiger partial charge in [0.25, 0.3) is 0 Å². The molecule has 0 atom stereocenters. The maximum absolute atomic E-state index is 13.0. The van der Waals surface area contributed by atoms with Crippen molar-refractivity contribution in [1.29, 1.82) is 0 Å². The number of benzene rings is 4. The fraction of sp³-hybridized carbons (Fsp3) is 0.444. The van der Waals surface area contributed by atoms with E-state index in [2.05, 4.69) is 26.3 Å². The molecule has 0 aromatic heterocycles. The predicted molar refractivity (Wildman–Crippen MR) is 358 cm³/mol. The zero-order chi connectivity index (χ0) is 68.0. The van der Waals surface area contributed by atoms with Crippen molar-refractivity contribution in [3.63, 3.8) is 0 Å². The molecule has 6 rings (SSSR count). The van der Waals surface area contributed by atoms with Crippen LogP contribution in [0.25, 0.3) is 0 Å². The fourth-order valence-corrected chi connectivity index (χ4v) is 11.0. The van der Waals surface area contributed by atoms with Crippen LogP contribution in [0.4, 0.5) is 0 Å². The van der Waals surface area contributed by atoms with E-state index in [4.69, 9.17) is 93.8 Å². The van der Waals surface area contributed by atoms with Crippen molar-refractivity contribution in [2.75, 3.05) is 39.6 Å². The zero-order valence-electron chi connectivity index (χ0n) is 53.0. The first-order valence-electron chi connectivity index (χ1n) is 31.8. The molecule has 0 spiro atoms. The first-order valence-corrected chi connectivity index (χ1v) is 33.4. The van der Waals surface area contributed by atoms with E-state index in [1.54, 1.807) is 72.8 Å². The van der Waals surface area contributed by atoms with Gasteiger partial charge >= 0.3 is 47.8 Å². The van der Waals surface area contributed by atoms with Gasteiger partial charge in [-0.2, -0.15) is 0 Å². The summed E-state index contributed by atoms with van der Waals surface area (Å²) in [7, 11) is 0. The molecule has 0 saturated heterocycles. The summed E-state index contributed by atoms with van der Waals surface area (Å²) in [6.07, 6.45) is 21.1. The van der Waals surface area contributed by atoms with Gasteiger partial charge in [0, 0.05) is 49.3 Å². The summed E-state index contributed by atoms with van der Waals surface area (Å²) < 4.78 is 53.8. The van der Waals surface area contributed by atoms with E-state index in [9.17, 15) is 38.4 Å². The SMILES string of the molecule is C=CC(=O)OCCCCCCCCOc1ccc(OC(=O)C2CCC(C(=O)Oc3ccc(OCCCCCCCCOC(=O)C=C)cc3Cl)CC2)c(Cl)c1.C=CC(=O)OCCc1ccc(OC(=O)C2CCC(C(=O)Oc3ccc(CCOC(=O)C=C)cc3Cl)CC2)c(Cl)c1. The molecule has 0 heterocycles. The Hall–Kier alpha value is -7.64. The molecule has 2 fully saturated rings. The van der Waals surface area contributed by atoms with E-state index in [-0.39, 0.29) is 104 Å². The van der Waals surface area contributed by atoms with Crippen LogP contribution in [-0.2, 0) is 70.1 Å². The number of unbranched alkanes of at least 4 members (excludes halogenated alkanes) is 10. The van der Waals surface area contributed by atoms with Gasteiger partial charge in [0.15, 0.2) is 0 Å².